The molecule has 4 rings (SSSR count). The number of carbonyl (C=O) groups is 3. The molecule has 0 saturated carbocycles. The Morgan fingerprint density at radius 2 is 1.70 bits per heavy atom. The van der Waals surface area contributed by atoms with E-state index in [2.05, 4.69) is 0 Å². The molecule has 0 radical (unpaired) electrons. The minimum Gasteiger partial charge on any atom is -0.507 e. The Bertz CT molecular complexity index is 1220. The summed E-state index contributed by atoms with van der Waals surface area (Å²) in [5.41, 5.74) is -3.20. The van der Waals surface area contributed by atoms with Gasteiger partial charge in [0.2, 0.25) is 5.78 Å². The molecule has 0 unspecified atom stereocenters. The number of carbonyl (C=O) groups excluding carboxylic acids is 3. The van der Waals surface area contributed by atoms with Crippen molar-refractivity contribution in [3.63, 3.8) is 0 Å². The average Bonchev–Trinajstić information content (AvgIpc) is 2.72. The number of phenols is 2. The molecule has 0 fully saturated rings. The fourth-order valence-electron chi connectivity index (χ4n) is 4.71. The first-order valence-electron chi connectivity index (χ1n) is 10.6. The van der Waals surface area contributed by atoms with Gasteiger partial charge in [-0.05, 0) is 33.8 Å². The number of ether oxygens (including phenoxy) is 2. The van der Waals surface area contributed by atoms with Crippen LogP contribution in [-0.4, -0.2) is 51.0 Å². The summed E-state index contributed by atoms with van der Waals surface area (Å²) < 4.78 is 11.3. The van der Waals surface area contributed by atoms with Crippen LogP contribution >= 0.6 is 0 Å². The van der Waals surface area contributed by atoms with E-state index in [0.717, 1.165) is 0 Å². The first-order valence-corrected chi connectivity index (χ1v) is 10.6. The van der Waals surface area contributed by atoms with Crippen LogP contribution in [-0.2, 0) is 16.0 Å². The number of benzene rings is 2. The number of fused-ring (bicyclic) bond motifs is 3. The summed E-state index contributed by atoms with van der Waals surface area (Å²) in [7, 11) is 1.36. The lowest BCUT2D eigenvalue weighted by atomic mass is 9.72. The molecule has 2 atom stereocenters. The lowest BCUT2D eigenvalue weighted by Gasteiger charge is -2.40. The lowest BCUT2D eigenvalue weighted by Crippen LogP contribution is -2.45. The molecule has 8 nitrogen and oxygen atoms in total. The van der Waals surface area contributed by atoms with Crippen LogP contribution in [0, 0.1) is 0 Å². The Labute approximate surface area is 190 Å². The van der Waals surface area contributed by atoms with Crippen LogP contribution in [0.15, 0.2) is 18.2 Å². The number of methoxy groups -OCH3 is 1. The molecule has 0 amide bonds. The van der Waals surface area contributed by atoms with E-state index in [4.69, 9.17) is 9.47 Å². The predicted molar refractivity (Wildman–Crippen MR) is 117 cm³/mol. The van der Waals surface area contributed by atoms with Crippen molar-refractivity contribution < 1.29 is 39.2 Å². The Balaban J connectivity index is 2.04. The maximum Gasteiger partial charge on any atom is 0.202 e. The van der Waals surface area contributed by atoms with Crippen LogP contribution in [0.2, 0.25) is 0 Å². The van der Waals surface area contributed by atoms with Gasteiger partial charge in [-0.3, -0.25) is 14.4 Å². The van der Waals surface area contributed by atoms with E-state index in [0.29, 0.717) is 0 Å². The zero-order valence-corrected chi connectivity index (χ0v) is 19.1. The van der Waals surface area contributed by atoms with Crippen LogP contribution in [0.1, 0.15) is 83.2 Å². The number of phenolic OH excluding ortho intramolecular Hbond substituents is 2. The second-order valence-electron chi connectivity index (χ2n) is 9.57. The largest absolute Gasteiger partial charge is 0.507 e. The monoisotopic (exact) mass is 454 g/mol. The van der Waals surface area contributed by atoms with E-state index in [1.807, 2.05) is 0 Å². The Hall–Kier alpha value is -3.23. The SMILES string of the molecule is COc1cccc2c1C(=O)c1c(O)c3c(c(O)c1C2=O)C[C@](O)(C(C)=O)C[C@@H]3OC(C)(C)C. The fourth-order valence-corrected chi connectivity index (χ4v) is 4.71. The number of aromatic hydroxyl groups is 2. The maximum absolute atomic E-state index is 13.5. The molecule has 2 aliphatic rings. The molecule has 0 saturated heterocycles. The minimum atomic E-state index is -1.87. The van der Waals surface area contributed by atoms with E-state index in [1.165, 1.54) is 26.2 Å². The van der Waals surface area contributed by atoms with Gasteiger partial charge in [0.25, 0.3) is 0 Å². The molecular weight excluding hydrogens is 428 g/mol. The number of hydrogen-bond donors (Lipinski definition) is 3. The number of ketones is 3. The summed E-state index contributed by atoms with van der Waals surface area (Å²) in [5, 5.41) is 33.5. The highest BCUT2D eigenvalue weighted by atomic mass is 16.5. The first-order chi connectivity index (χ1) is 15.3. The molecule has 0 spiro atoms. The molecule has 0 aliphatic heterocycles. The third-order valence-corrected chi connectivity index (χ3v) is 6.23. The highest BCUT2D eigenvalue weighted by Gasteiger charge is 2.48. The normalized spacial score (nSPS) is 21.8. The van der Waals surface area contributed by atoms with Crippen LogP contribution in [0.25, 0.3) is 0 Å². The zero-order chi connectivity index (χ0) is 24.5. The van der Waals surface area contributed by atoms with Crippen LogP contribution < -0.4 is 4.74 Å². The van der Waals surface area contributed by atoms with Crippen molar-refractivity contribution in [2.24, 2.45) is 0 Å². The smallest absolute Gasteiger partial charge is 0.202 e. The topological polar surface area (TPSA) is 130 Å². The van der Waals surface area contributed by atoms with Crippen LogP contribution in [0.3, 0.4) is 0 Å². The second-order valence-corrected chi connectivity index (χ2v) is 9.57. The van der Waals surface area contributed by atoms with Gasteiger partial charge in [0, 0.05) is 29.5 Å². The minimum absolute atomic E-state index is 0.00325. The van der Waals surface area contributed by atoms with Crippen molar-refractivity contribution in [1.29, 1.82) is 0 Å². The molecule has 8 heteroatoms. The van der Waals surface area contributed by atoms with Gasteiger partial charge in [0.05, 0.1) is 35.5 Å². The summed E-state index contributed by atoms with van der Waals surface area (Å²) >= 11 is 0. The fraction of sp³-hybridized carbons (Fsp3) is 0.400. The van der Waals surface area contributed by atoms with Crippen molar-refractivity contribution in [1.82, 2.24) is 0 Å². The highest BCUT2D eigenvalue weighted by molar-refractivity contribution is 6.31. The van der Waals surface area contributed by atoms with E-state index < -0.39 is 46.2 Å². The zero-order valence-electron chi connectivity index (χ0n) is 19.1. The second kappa shape index (κ2) is 7.40. The van der Waals surface area contributed by atoms with Crippen LogP contribution in [0.5, 0.6) is 17.2 Å². The molecule has 2 aromatic carbocycles. The van der Waals surface area contributed by atoms with Crippen LogP contribution in [0.4, 0.5) is 0 Å². The van der Waals surface area contributed by atoms with Crippen molar-refractivity contribution in [2.45, 2.75) is 57.8 Å². The summed E-state index contributed by atoms with van der Waals surface area (Å²) in [4.78, 5) is 39.1. The van der Waals surface area contributed by atoms with Gasteiger partial charge >= 0.3 is 0 Å². The number of aliphatic hydroxyl groups is 1. The summed E-state index contributed by atoms with van der Waals surface area (Å²) in [6.45, 7) is 6.52. The van der Waals surface area contributed by atoms with Crippen molar-refractivity contribution >= 4 is 17.3 Å². The average molecular weight is 454 g/mol. The van der Waals surface area contributed by atoms with Gasteiger partial charge in [-0.25, -0.2) is 0 Å². The van der Waals surface area contributed by atoms with Gasteiger partial charge in [-0.1, -0.05) is 12.1 Å². The maximum atomic E-state index is 13.5. The third-order valence-electron chi connectivity index (χ3n) is 6.23. The Kier molecular flexibility index (Phi) is 5.14. The van der Waals surface area contributed by atoms with E-state index >= 15 is 0 Å². The Morgan fingerprint density at radius 3 is 2.27 bits per heavy atom. The van der Waals surface area contributed by atoms with Gasteiger partial charge in [0.15, 0.2) is 11.6 Å². The summed E-state index contributed by atoms with van der Waals surface area (Å²) in [6, 6.07) is 4.52. The summed E-state index contributed by atoms with van der Waals surface area (Å²) in [6.07, 6.45) is -1.53. The molecular formula is C25H26O8. The van der Waals surface area contributed by atoms with Crippen molar-refractivity contribution in [3.05, 3.63) is 51.6 Å². The molecule has 174 valence electrons. The van der Waals surface area contributed by atoms with E-state index in [-0.39, 0.29) is 52.0 Å². The standard InChI is InChI=1S/C25H26O8/c1-11(26)25(31)9-13-17(15(10-25)33-24(2,3)4)23(30)19-18(21(13)28)20(27)12-7-6-8-14(32-5)16(12)22(19)29/h6-8,15,28,30-31H,9-10H2,1-5H3/t15-,25+/m0/s1. The molecule has 0 aromatic heterocycles. The summed E-state index contributed by atoms with van der Waals surface area (Å²) in [5.74, 6) is -2.76. The van der Waals surface area contributed by atoms with E-state index in [9.17, 15) is 29.7 Å². The number of Topliss-reactive ketones (excluding diaryl/α,β-unsaturated/α-hetero) is 1. The lowest BCUT2D eigenvalue weighted by molar-refractivity contribution is -0.147. The van der Waals surface area contributed by atoms with Crippen molar-refractivity contribution in [2.75, 3.05) is 7.11 Å². The molecule has 2 aromatic rings. The highest BCUT2D eigenvalue weighted by Crippen LogP contribution is 2.52. The van der Waals surface area contributed by atoms with Gasteiger partial charge < -0.3 is 24.8 Å². The predicted octanol–water partition coefficient (Wildman–Crippen LogP) is 3.00. The van der Waals surface area contributed by atoms with Crippen molar-refractivity contribution in [3.8, 4) is 17.2 Å². The molecule has 3 N–H and O–H groups in total. The first kappa shape index (κ1) is 22.9. The molecule has 33 heavy (non-hydrogen) atoms. The van der Waals surface area contributed by atoms with Gasteiger partial charge in [-0.2, -0.15) is 0 Å². The van der Waals surface area contributed by atoms with Gasteiger partial charge in [-0.15, -0.1) is 0 Å². The van der Waals surface area contributed by atoms with E-state index in [1.54, 1.807) is 26.8 Å². The Morgan fingerprint density at radius 1 is 1.06 bits per heavy atom. The molecule has 2 aliphatic carbocycles. The molecule has 0 bridgehead atoms. The van der Waals surface area contributed by atoms with Gasteiger partial charge in [0.1, 0.15) is 22.8 Å². The number of rotatable bonds is 3. The number of hydrogen-bond acceptors (Lipinski definition) is 8. The quantitative estimate of drug-likeness (QED) is 0.515. The molecule has 0 heterocycles. The third kappa shape index (κ3) is 3.41.